The van der Waals surface area contributed by atoms with Gasteiger partial charge in [0.1, 0.15) is 0 Å². The highest BCUT2D eigenvalue weighted by Gasteiger charge is 2.11. The van der Waals surface area contributed by atoms with Crippen molar-refractivity contribution >= 4 is 10.9 Å². The normalized spacial score (nSPS) is 14.7. The molecule has 2 aromatic rings. The van der Waals surface area contributed by atoms with Gasteiger partial charge < -0.3 is 0 Å². The van der Waals surface area contributed by atoms with Crippen LogP contribution >= 0.6 is 0 Å². The summed E-state index contributed by atoms with van der Waals surface area (Å²) in [5.41, 5.74) is 0.185. The summed E-state index contributed by atoms with van der Waals surface area (Å²) in [6, 6.07) is 7.27. The van der Waals surface area contributed by atoms with Crippen molar-refractivity contribution < 1.29 is 0 Å². The monoisotopic (exact) mass is 325 g/mol. The van der Waals surface area contributed by atoms with Gasteiger partial charge in [-0.3, -0.25) is 18.8 Å². The molecule has 24 heavy (non-hydrogen) atoms. The summed E-state index contributed by atoms with van der Waals surface area (Å²) in [5.74, 6) is 6.27. The molecule has 0 amide bonds. The van der Waals surface area contributed by atoms with Crippen LogP contribution in [0.15, 0.2) is 33.9 Å². The molecule has 0 spiro atoms. The SMILES string of the molecule is CCCn1c(=O)c2ccccc2n(CC#CCN2CCCC2)c1=O. The second-order valence-electron chi connectivity index (χ2n) is 6.18. The molecule has 1 saturated heterocycles. The lowest BCUT2D eigenvalue weighted by Gasteiger charge is -2.11. The number of likely N-dealkylation sites (tertiary alicyclic amines) is 1. The number of hydrogen-bond acceptors (Lipinski definition) is 3. The number of hydrogen-bond donors (Lipinski definition) is 0. The van der Waals surface area contributed by atoms with Crippen LogP contribution in [0, 0.1) is 11.8 Å². The lowest BCUT2D eigenvalue weighted by atomic mass is 10.2. The van der Waals surface area contributed by atoms with E-state index in [1.165, 1.54) is 17.4 Å². The molecular formula is C19H23N3O2. The van der Waals surface area contributed by atoms with Crippen molar-refractivity contribution in [3.8, 4) is 11.8 Å². The molecule has 1 aromatic heterocycles. The Morgan fingerprint density at radius 1 is 1.00 bits per heavy atom. The van der Waals surface area contributed by atoms with E-state index in [0.29, 0.717) is 24.0 Å². The Morgan fingerprint density at radius 2 is 1.71 bits per heavy atom. The number of para-hydroxylation sites is 1. The smallest absolute Gasteiger partial charge is 0.292 e. The fourth-order valence-electron chi connectivity index (χ4n) is 3.19. The summed E-state index contributed by atoms with van der Waals surface area (Å²) >= 11 is 0. The maximum absolute atomic E-state index is 12.7. The van der Waals surface area contributed by atoms with Crippen LogP contribution in [0.25, 0.3) is 10.9 Å². The predicted molar refractivity (Wildman–Crippen MR) is 96.2 cm³/mol. The van der Waals surface area contributed by atoms with Crippen LogP contribution in [0.3, 0.4) is 0 Å². The molecule has 1 aliphatic rings. The van der Waals surface area contributed by atoms with Crippen LogP contribution in [0.5, 0.6) is 0 Å². The third kappa shape index (κ3) is 3.29. The van der Waals surface area contributed by atoms with Crippen molar-refractivity contribution in [3.05, 3.63) is 45.1 Å². The third-order valence-electron chi connectivity index (χ3n) is 4.44. The van der Waals surface area contributed by atoms with E-state index in [1.807, 2.05) is 25.1 Å². The van der Waals surface area contributed by atoms with Gasteiger partial charge in [0.15, 0.2) is 0 Å². The molecule has 0 aliphatic carbocycles. The lowest BCUT2D eigenvalue weighted by molar-refractivity contribution is 0.383. The topological polar surface area (TPSA) is 47.2 Å². The van der Waals surface area contributed by atoms with Gasteiger partial charge in [-0.2, -0.15) is 0 Å². The zero-order chi connectivity index (χ0) is 16.9. The summed E-state index contributed by atoms with van der Waals surface area (Å²) < 4.78 is 2.94. The summed E-state index contributed by atoms with van der Waals surface area (Å²) in [6.07, 6.45) is 3.23. The zero-order valence-electron chi connectivity index (χ0n) is 14.1. The van der Waals surface area contributed by atoms with Crippen molar-refractivity contribution in [1.82, 2.24) is 14.0 Å². The molecule has 126 valence electrons. The third-order valence-corrected chi connectivity index (χ3v) is 4.44. The van der Waals surface area contributed by atoms with Crippen molar-refractivity contribution in [1.29, 1.82) is 0 Å². The van der Waals surface area contributed by atoms with Gasteiger partial charge in [0.25, 0.3) is 5.56 Å². The number of fused-ring (bicyclic) bond motifs is 1. The van der Waals surface area contributed by atoms with Crippen LogP contribution in [0.1, 0.15) is 26.2 Å². The molecule has 0 radical (unpaired) electrons. The average molecular weight is 325 g/mol. The van der Waals surface area contributed by atoms with E-state index >= 15 is 0 Å². The van der Waals surface area contributed by atoms with Gasteiger partial charge in [0.05, 0.1) is 24.0 Å². The molecule has 5 nitrogen and oxygen atoms in total. The fourth-order valence-corrected chi connectivity index (χ4v) is 3.19. The minimum atomic E-state index is -0.268. The van der Waals surface area contributed by atoms with Gasteiger partial charge in [-0.25, -0.2) is 4.79 Å². The number of rotatable bonds is 4. The Hall–Kier alpha value is -2.32. The first-order valence-electron chi connectivity index (χ1n) is 8.63. The minimum Gasteiger partial charge on any atom is -0.292 e. The van der Waals surface area contributed by atoms with Crippen molar-refractivity contribution in [2.24, 2.45) is 0 Å². The molecule has 0 atom stereocenters. The molecule has 5 heteroatoms. The number of nitrogens with zero attached hydrogens (tertiary/aromatic N) is 3. The molecule has 1 aromatic carbocycles. The minimum absolute atomic E-state index is 0.210. The molecule has 1 aliphatic heterocycles. The van der Waals surface area contributed by atoms with Crippen LogP contribution in [0.4, 0.5) is 0 Å². The quantitative estimate of drug-likeness (QED) is 0.804. The van der Waals surface area contributed by atoms with E-state index in [9.17, 15) is 9.59 Å². The van der Waals surface area contributed by atoms with Gasteiger partial charge in [-0.05, 0) is 44.5 Å². The van der Waals surface area contributed by atoms with E-state index in [0.717, 1.165) is 26.1 Å². The van der Waals surface area contributed by atoms with Gasteiger partial charge in [-0.1, -0.05) is 30.9 Å². The van der Waals surface area contributed by atoms with Crippen LogP contribution in [-0.4, -0.2) is 33.7 Å². The zero-order valence-corrected chi connectivity index (χ0v) is 14.1. The van der Waals surface area contributed by atoms with Gasteiger partial charge in [0, 0.05) is 6.54 Å². The largest absolute Gasteiger partial charge is 0.332 e. The highest BCUT2D eigenvalue weighted by molar-refractivity contribution is 5.77. The van der Waals surface area contributed by atoms with Gasteiger partial charge in [0.2, 0.25) is 0 Å². The Kier molecular flexibility index (Phi) is 5.17. The lowest BCUT2D eigenvalue weighted by Crippen LogP contribution is -2.40. The fraction of sp³-hybridized carbons (Fsp3) is 0.474. The summed E-state index contributed by atoms with van der Waals surface area (Å²) in [6.45, 7) is 5.68. The van der Waals surface area contributed by atoms with Crippen LogP contribution in [0.2, 0.25) is 0 Å². The number of aromatic nitrogens is 2. The maximum Gasteiger partial charge on any atom is 0.332 e. The number of benzene rings is 1. The van der Waals surface area contributed by atoms with E-state index in [4.69, 9.17) is 0 Å². The molecule has 1 fully saturated rings. The molecule has 2 heterocycles. The van der Waals surface area contributed by atoms with Crippen LogP contribution in [-0.2, 0) is 13.1 Å². The first-order valence-corrected chi connectivity index (χ1v) is 8.63. The van der Waals surface area contributed by atoms with Gasteiger partial charge >= 0.3 is 5.69 Å². The summed E-state index contributed by atoms with van der Waals surface area (Å²) in [4.78, 5) is 27.5. The van der Waals surface area contributed by atoms with E-state index in [1.54, 1.807) is 10.6 Å². The Morgan fingerprint density at radius 3 is 2.46 bits per heavy atom. The Balaban J connectivity index is 1.95. The van der Waals surface area contributed by atoms with Crippen molar-refractivity contribution in [3.63, 3.8) is 0 Å². The van der Waals surface area contributed by atoms with E-state index in [2.05, 4.69) is 16.7 Å². The maximum atomic E-state index is 12.7. The second kappa shape index (κ2) is 7.50. The molecular weight excluding hydrogens is 302 g/mol. The first-order chi connectivity index (χ1) is 11.7. The van der Waals surface area contributed by atoms with Crippen molar-refractivity contribution in [2.45, 2.75) is 39.3 Å². The summed E-state index contributed by atoms with van der Waals surface area (Å²) in [7, 11) is 0. The average Bonchev–Trinajstić information content (AvgIpc) is 3.11. The highest BCUT2D eigenvalue weighted by atomic mass is 16.2. The molecule has 0 unspecified atom stereocenters. The Bertz CT molecular complexity index is 893. The van der Waals surface area contributed by atoms with Crippen molar-refractivity contribution in [2.75, 3.05) is 19.6 Å². The standard InChI is InChI=1S/C19H23N3O2/c1-2-11-22-18(23)16-9-3-4-10-17(16)21(19(22)24)15-8-7-14-20-12-5-6-13-20/h3-4,9-10H,2,5-6,11-15H2,1H3. The van der Waals surface area contributed by atoms with Crippen LogP contribution < -0.4 is 11.2 Å². The predicted octanol–water partition coefficient (Wildman–Crippen LogP) is 1.67. The molecule has 0 bridgehead atoms. The Labute approximate surface area is 141 Å². The van der Waals surface area contributed by atoms with E-state index < -0.39 is 0 Å². The van der Waals surface area contributed by atoms with E-state index in [-0.39, 0.29) is 11.2 Å². The van der Waals surface area contributed by atoms with Gasteiger partial charge in [-0.15, -0.1) is 0 Å². The second-order valence-corrected chi connectivity index (χ2v) is 6.18. The molecule has 0 N–H and O–H groups in total. The molecule has 0 saturated carbocycles. The first kappa shape index (κ1) is 16.5. The molecule has 3 rings (SSSR count). The highest BCUT2D eigenvalue weighted by Crippen LogP contribution is 2.08. The summed E-state index contributed by atoms with van der Waals surface area (Å²) in [5, 5.41) is 0.576.